The molecule has 37 heavy (non-hydrogen) atoms. The van der Waals surface area contributed by atoms with Crippen molar-refractivity contribution in [3.05, 3.63) is 80.9 Å². The number of hydrogen-bond donors (Lipinski definition) is 1. The molecule has 0 spiro atoms. The summed E-state index contributed by atoms with van der Waals surface area (Å²) in [6.45, 7) is 5.66. The predicted octanol–water partition coefficient (Wildman–Crippen LogP) is 5.84. The number of halogens is 1. The third kappa shape index (κ3) is 5.55. The van der Waals surface area contributed by atoms with E-state index in [0.29, 0.717) is 36.3 Å². The first-order valence-electron chi connectivity index (χ1n) is 13.1. The van der Waals surface area contributed by atoms with E-state index in [4.69, 9.17) is 16.3 Å². The molecule has 0 bridgehead atoms. The fourth-order valence-corrected chi connectivity index (χ4v) is 5.57. The van der Waals surface area contributed by atoms with Crippen molar-refractivity contribution in [2.24, 2.45) is 0 Å². The molecule has 2 aromatic heterocycles. The van der Waals surface area contributed by atoms with Crippen LogP contribution in [0.25, 0.3) is 10.9 Å². The lowest BCUT2D eigenvalue weighted by atomic mass is 10.1. The maximum Gasteiger partial charge on any atom is 0.252 e. The molecule has 194 valence electrons. The van der Waals surface area contributed by atoms with Gasteiger partial charge in [0.15, 0.2) is 5.82 Å². The zero-order valence-corrected chi connectivity index (χ0v) is 22.1. The molecular formula is C28H33ClN6O2. The first kappa shape index (κ1) is 25.4. The lowest BCUT2D eigenvalue weighted by molar-refractivity contribution is 0.158. The second kappa shape index (κ2) is 11.4. The number of ether oxygens (including phenoxy) is 1. The van der Waals surface area contributed by atoms with Gasteiger partial charge in [-0.3, -0.25) is 9.69 Å². The van der Waals surface area contributed by atoms with E-state index in [1.54, 1.807) is 0 Å². The van der Waals surface area contributed by atoms with E-state index >= 15 is 0 Å². The number of hydrogen-bond acceptors (Lipinski definition) is 6. The fraction of sp³-hybridized carbons (Fsp3) is 0.429. The van der Waals surface area contributed by atoms with Crippen molar-refractivity contribution >= 4 is 22.5 Å². The van der Waals surface area contributed by atoms with Crippen LogP contribution in [0.5, 0.6) is 5.75 Å². The Kier molecular flexibility index (Phi) is 7.86. The van der Waals surface area contributed by atoms with Crippen LogP contribution in [-0.4, -0.2) is 36.7 Å². The lowest BCUT2D eigenvalue weighted by Crippen LogP contribution is -2.33. The van der Waals surface area contributed by atoms with Gasteiger partial charge >= 0.3 is 0 Å². The quantitative estimate of drug-likeness (QED) is 0.283. The van der Waals surface area contributed by atoms with Crippen LogP contribution >= 0.6 is 11.6 Å². The Hall–Kier alpha value is -3.23. The molecule has 1 aliphatic carbocycles. The summed E-state index contributed by atoms with van der Waals surface area (Å²) in [4.78, 5) is 18.5. The third-order valence-corrected chi connectivity index (χ3v) is 7.59. The second-order valence-electron chi connectivity index (χ2n) is 9.65. The number of pyridine rings is 1. The van der Waals surface area contributed by atoms with Crippen molar-refractivity contribution in [2.45, 2.75) is 71.1 Å². The number of nitrogens with zero attached hydrogens (tertiary/aromatic N) is 5. The van der Waals surface area contributed by atoms with Crippen molar-refractivity contribution in [3.8, 4) is 5.75 Å². The zero-order chi connectivity index (χ0) is 25.8. The summed E-state index contributed by atoms with van der Waals surface area (Å²) in [6.07, 6.45) is 5.36. The summed E-state index contributed by atoms with van der Waals surface area (Å²) < 4.78 is 7.70. The van der Waals surface area contributed by atoms with Crippen molar-refractivity contribution in [1.29, 1.82) is 0 Å². The molecule has 0 amide bonds. The number of aromatic amines is 1. The van der Waals surface area contributed by atoms with Gasteiger partial charge in [0, 0.05) is 34.6 Å². The van der Waals surface area contributed by atoms with Gasteiger partial charge in [-0.2, -0.15) is 0 Å². The molecule has 1 N–H and O–H groups in total. The highest BCUT2D eigenvalue weighted by atomic mass is 35.5. The summed E-state index contributed by atoms with van der Waals surface area (Å²) >= 11 is 6.58. The Bertz CT molecular complexity index is 1410. The highest BCUT2D eigenvalue weighted by Gasteiger charge is 2.30. The number of fused-ring (bicyclic) bond motifs is 1. The lowest BCUT2D eigenvalue weighted by Gasteiger charge is -2.31. The Morgan fingerprint density at radius 1 is 1.11 bits per heavy atom. The first-order chi connectivity index (χ1) is 18.1. The predicted molar refractivity (Wildman–Crippen MR) is 145 cm³/mol. The first-order valence-corrected chi connectivity index (χ1v) is 13.5. The van der Waals surface area contributed by atoms with E-state index in [9.17, 15) is 4.79 Å². The van der Waals surface area contributed by atoms with Crippen molar-refractivity contribution in [3.63, 3.8) is 0 Å². The van der Waals surface area contributed by atoms with E-state index in [1.165, 1.54) is 12.8 Å². The van der Waals surface area contributed by atoms with E-state index < -0.39 is 0 Å². The van der Waals surface area contributed by atoms with Crippen LogP contribution in [0, 0.1) is 0 Å². The summed E-state index contributed by atoms with van der Waals surface area (Å²) in [5, 5.41) is 14.6. The Balaban J connectivity index is 1.54. The highest BCUT2D eigenvalue weighted by Crippen LogP contribution is 2.34. The van der Waals surface area contributed by atoms with Gasteiger partial charge < -0.3 is 9.72 Å². The van der Waals surface area contributed by atoms with Gasteiger partial charge in [0.05, 0.1) is 18.7 Å². The minimum atomic E-state index is -0.106. The molecule has 9 heteroatoms. The Morgan fingerprint density at radius 3 is 2.65 bits per heavy atom. The molecule has 2 aromatic carbocycles. The van der Waals surface area contributed by atoms with Gasteiger partial charge in [-0.05, 0) is 72.5 Å². The Morgan fingerprint density at radius 2 is 1.89 bits per heavy atom. The smallest absolute Gasteiger partial charge is 0.252 e. The van der Waals surface area contributed by atoms with Crippen LogP contribution in [0.15, 0.2) is 53.3 Å². The summed E-state index contributed by atoms with van der Waals surface area (Å²) in [5.74, 6) is 1.63. The van der Waals surface area contributed by atoms with Crippen LogP contribution in [0.1, 0.15) is 75.0 Å². The van der Waals surface area contributed by atoms with Crippen LogP contribution in [0.2, 0.25) is 5.02 Å². The average molecular weight is 521 g/mol. The number of rotatable bonds is 10. The molecule has 4 aromatic rings. The van der Waals surface area contributed by atoms with E-state index in [0.717, 1.165) is 47.3 Å². The summed E-state index contributed by atoms with van der Waals surface area (Å²) in [7, 11) is 0. The molecule has 1 fully saturated rings. The molecule has 2 heterocycles. The SMILES string of the molecule is CCOc1ccc2[nH]c(=O)c(CN(Cc3ccccc3Cl)C(CC)c3nnnn3C3CCCC3)cc2c1. The van der Waals surface area contributed by atoms with Crippen molar-refractivity contribution in [2.75, 3.05) is 6.61 Å². The van der Waals surface area contributed by atoms with Gasteiger partial charge in [-0.1, -0.05) is 49.6 Å². The summed E-state index contributed by atoms with van der Waals surface area (Å²) in [5.41, 5.74) is 2.35. The number of nitrogens with one attached hydrogen (secondary N) is 1. The van der Waals surface area contributed by atoms with Crippen LogP contribution in [-0.2, 0) is 13.1 Å². The van der Waals surface area contributed by atoms with Gasteiger partial charge in [0.2, 0.25) is 0 Å². The van der Waals surface area contributed by atoms with E-state index in [1.807, 2.05) is 60.1 Å². The Labute approximate surface area is 221 Å². The molecular weight excluding hydrogens is 488 g/mol. The van der Waals surface area contributed by atoms with Gasteiger partial charge in [0.25, 0.3) is 5.56 Å². The molecule has 5 rings (SSSR count). The molecule has 0 radical (unpaired) electrons. The maximum atomic E-state index is 13.2. The third-order valence-electron chi connectivity index (χ3n) is 7.22. The van der Waals surface area contributed by atoms with Crippen LogP contribution < -0.4 is 10.3 Å². The molecule has 0 aliphatic heterocycles. The minimum Gasteiger partial charge on any atom is -0.494 e. The number of benzene rings is 2. The molecule has 1 atom stereocenters. The van der Waals surface area contributed by atoms with Crippen molar-refractivity contribution < 1.29 is 4.74 Å². The fourth-order valence-electron chi connectivity index (χ4n) is 5.38. The zero-order valence-electron chi connectivity index (χ0n) is 21.4. The van der Waals surface area contributed by atoms with E-state index in [-0.39, 0.29) is 11.6 Å². The van der Waals surface area contributed by atoms with Crippen molar-refractivity contribution in [1.82, 2.24) is 30.1 Å². The second-order valence-corrected chi connectivity index (χ2v) is 10.1. The minimum absolute atomic E-state index is 0.0864. The standard InChI is InChI=1S/C28H33ClN6O2/c1-3-26(27-31-32-33-35(27)22-10-6-7-11-22)34(17-19-9-5-8-12-24(19)29)18-21-15-20-16-23(37-4-2)13-14-25(20)30-28(21)36/h5,8-9,12-16,22,26H,3-4,6-7,10-11,17-18H2,1-2H3,(H,30,36). The number of H-pyrrole nitrogens is 1. The molecule has 0 saturated heterocycles. The van der Waals surface area contributed by atoms with Gasteiger partial charge in [-0.15, -0.1) is 5.10 Å². The number of aromatic nitrogens is 5. The normalized spacial score (nSPS) is 15.0. The van der Waals surface area contributed by atoms with Crippen LogP contribution in [0.3, 0.4) is 0 Å². The van der Waals surface area contributed by atoms with Gasteiger partial charge in [-0.25, -0.2) is 4.68 Å². The van der Waals surface area contributed by atoms with Crippen LogP contribution in [0.4, 0.5) is 0 Å². The summed E-state index contributed by atoms with van der Waals surface area (Å²) in [6, 6.07) is 15.8. The highest BCUT2D eigenvalue weighted by molar-refractivity contribution is 6.31. The largest absolute Gasteiger partial charge is 0.494 e. The molecule has 1 unspecified atom stereocenters. The topological polar surface area (TPSA) is 88.9 Å². The van der Waals surface area contributed by atoms with E-state index in [2.05, 4.69) is 32.3 Å². The molecule has 1 aliphatic rings. The monoisotopic (exact) mass is 520 g/mol. The average Bonchev–Trinajstić information content (AvgIpc) is 3.59. The number of tetrazole rings is 1. The van der Waals surface area contributed by atoms with Gasteiger partial charge in [0.1, 0.15) is 5.75 Å². The molecule has 8 nitrogen and oxygen atoms in total. The molecule has 1 saturated carbocycles. The maximum absolute atomic E-state index is 13.2.